The minimum Gasteiger partial charge on any atom is -0.481 e. The van der Waals surface area contributed by atoms with Crippen molar-refractivity contribution in [1.29, 1.82) is 0 Å². The molecule has 4 rings (SSSR count). The van der Waals surface area contributed by atoms with Crippen molar-refractivity contribution in [2.75, 3.05) is 5.32 Å². The van der Waals surface area contributed by atoms with Gasteiger partial charge in [-0.1, -0.05) is 13.8 Å². The van der Waals surface area contributed by atoms with Gasteiger partial charge in [0.1, 0.15) is 0 Å². The number of aliphatic carboxylic acids is 1. The standard InChI is InChI=1S/C20H27N5O3/c1-20(2)8-7-15-16(9-20)23-24-17(15)18(26)22-13-10-21-25(11-13)14-5-3-12(4-6-14)19(27)28/h10-12,14H,3-9H2,1-2H3,(H,22,26)(H,23,24)(H,27,28)/t12-,14-. The lowest BCUT2D eigenvalue weighted by Crippen LogP contribution is -2.23. The monoisotopic (exact) mass is 385 g/mol. The molecule has 2 aliphatic rings. The van der Waals surface area contributed by atoms with Gasteiger partial charge in [0.05, 0.1) is 23.8 Å². The van der Waals surface area contributed by atoms with E-state index in [2.05, 4.69) is 34.5 Å². The maximum absolute atomic E-state index is 12.7. The lowest BCUT2D eigenvalue weighted by atomic mass is 9.76. The Morgan fingerprint density at radius 3 is 2.75 bits per heavy atom. The summed E-state index contributed by atoms with van der Waals surface area (Å²) in [5.74, 6) is -1.18. The zero-order valence-corrected chi connectivity index (χ0v) is 16.4. The molecule has 2 aromatic heterocycles. The van der Waals surface area contributed by atoms with Crippen LogP contribution in [0.25, 0.3) is 0 Å². The van der Waals surface area contributed by atoms with Crippen molar-refractivity contribution in [3.05, 3.63) is 29.3 Å². The van der Waals surface area contributed by atoms with E-state index in [1.165, 1.54) is 0 Å². The Morgan fingerprint density at radius 1 is 1.29 bits per heavy atom. The average molecular weight is 385 g/mol. The minimum absolute atomic E-state index is 0.182. The normalized spacial score (nSPS) is 23.8. The molecular formula is C20H27N5O3. The van der Waals surface area contributed by atoms with E-state index in [9.17, 15) is 9.59 Å². The number of carbonyl (C=O) groups excluding carboxylic acids is 1. The number of amides is 1. The third-order valence-corrected chi connectivity index (χ3v) is 6.15. The number of fused-ring (bicyclic) bond motifs is 1. The van der Waals surface area contributed by atoms with Gasteiger partial charge in [-0.15, -0.1) is 0 Å². The predicted molar refractivity (Wildman–Crippen MR) is 103 cm³/mol. The third-order valence-electron chi connectivity index (χ3n) is 6.15. The van der Waals surface area contributed by atoms with Crippen LogP contribution in [0.4, 0.5) is 5.69 Å². The molecule has 2 aliphatic carbocycles. The highest BCUT2D eigenvalue weighted by molar-refractivity contribution is 6.03. The molecule has 0 aromatic carbocycles. The number of carboxylic acids is 1. The van der Waals surface area contributed by atoms with Crippen molar-refractivity contribution >= 4 is 17.6 Å². The number of H-pyrrole nitrogens is 1. The highest BCUT2D eigenvalue weighted by Crippen LogP contribution is 2.35. The summed E-state index contributed by atoms with van der Waals surface area (Å²) >= 11 is 0. The summed E-state index contributed by atoms with van der Waals surface area (Å²) in [6.45, 7) is 4.46. The van der Waals surface area contributed by atoms with E-state index >= 15 is 0 Å². The van der Waals surface area contributed by atoms with E-state index in [0.29, 0.717) is 24.2 Å². The second-order valence-corrected chi connectivity index (χ2v) is 8.88. The number of rotatable bonds is 4. The van der Waals surface area contributed by atoms with E-state index in [1.807, 2.05) is 10.9 Å². The molecule has 1 amide bonds. The highest BCUT2D eigenvalue weighted by atomic mass is 16.4. The Balaban J connectivity index is 1.40. The summed E-state index contributed by atoms with van der Waals surface area (Å²) in [5.41, 5.74) is 3.43. The Kier molecular flexibility index (Phi) is 4.72. The number of hydrogen-bond donors (Lipinski definition) is 3. The lowest BCUT2D eigenvalue weighted by Gasteiger charge is -2.28. The molecule has 8 nitrogen and oxygen atoms in total. The van der Waals surface area contributed by atoms with Crippen LogP contribution < -0.4 is 5.32 Å². The van der Waals surface area contributed by atoms with E-state index in [1.54, 1.807) is 6.20 Å². The van der Waals surface area contributed by atoms with Gasteiger partial charge in [-0.2, -0.15) is 10.2 Å². The van der Waals surface area contributed by atoms with E-state index in [0.717, 1.165) is 43.4 Å². The van der Waals surface area contributed by atoms with Gasteiger partial charge in [0.25, 0.3) is 5.91 Å². The van der Waals surface area contributed by atoms with E-state index < -0.39 is 5.97 Å². The van der Waals surface area contributed by atoms with Gasteiger partial charge in [-0.3, -0.25) is 19.4 Å². The van der Waals surface area contributed by atoms with Gasteiger partial charge in [-0.05, 0) is 50.4 Å². The number of carboxylic acid groups (broad SMARTS) is 1. The molecular weight excluding hydrogens is 358 g/mol. The summed E-state index contributed by atoms with van der Waals surface area (Å²) < 4.78 is 1.84. The molecule has 8 heteroatoms. The summed E-state index contributed by atoms with van der Waals surface area (Å²) in [6, 6.07) is 0.182. The first kappa shape index (κ1) is 18.7. The SMILES string of the molecule is CC1(C)CCc2c(C(=O)Nc3cnn([C@H]4CC[C@H](C(=O)O)CC4)c3)n[nH]c2C1. The second kappa shape index (κ2) is 7.07. The highest BCUT2D eigenvalue weighted by Gasteiger charge is 2.31. The van der Waals surface area contributed by atoms with Gasteiger partial charge in [0, 0.05) is 17.5 Å². The van der Waals surface area contributed by atoms with Crippen molar-refractivity contribution in [3.63, 3.8) is 0 Å². The molecule has 3 N–H and O–H groups in total. The number of aromatic amines is 1. The second-order valence-electron chi connectivity index (χ2n) is 8.88. The zero-order chi connectivity index (χ0) is 19.9. The van der Waals surface area contributed by atoms with Gasteiger partial charge in [-0.25, -0.2) is 0 Å². The number of nitrogens with zero attached hydrogens (tertiary/aromatic N) is 3. The number of anilines is 1. The first-order chi connectivity index (χ1) is 13.3. The van der Waals surface area contributed by atoms with Crippen molar-refractivity contribution < 1.29 is 14.7 Å². The first-order valence-electron chi connectivity index (χ1n) is 9.97. The molecule has 0 bridgehead atoms. The smallest absolute Gasteiger partial charge is 0.306 e. The molecule has 150 valence electrons. The first-order valence-corrected chi connectivity index (χ1v) is 9.97. The van der Waals surface area contributed by atoms with Crippen molar-refractivity contribution in [3.8, 4) is 0 Å². The van der Waals surface area contributed by atoms with Crippen molar-refractivity contribution in [2.24, 2.45) is 11.3 Å². The van der Waals surface area contributed by atoms with Gasteiger partial charge < -0.3 is 10.4 Å². The molecule has 1 saturated carbocycles. The van der Waals surface area contributed by atoms with E-state index in [-0.39, 0.29) is 23.3 Å². The van der Waals surface area contributed by atoms with Crippen LogP contribution in [0.3, 0.4) is 0 Å². The molecule has 0 saturated heterocycles. The van der Waals surface area contributed by atoms with Crippen LogP contribution in [0, 0.1) is 11.3 Å². The van der Waals surface area contributed by atoms with E-state index in [4.69, 9.17) is 5.11 Å². The molecule has 28 heavy (non-hydrogen) atoms. The lowest BCUT2D eigenvalue weighted by molar-refractivity contribution is -0.143. The molecule has 0 radical (unpaired) electrons. The molecule has 0 atom stereocenters. The van der Waals surface area contributed by atoms with Crippen LogP contribution in [0.15, 0.2) is 12.4 Å². The van der Waals surface area contributed by atoms with Crippen LogP contribution in [-0.2, 0) is 17.6 Å². The fourth-order valence-corrected chi connectivity index (χ4v) is 4.41. The van der Waals surface area contributed by atoms with Crippen LogP contribution in [-0.4, -0.2) is 37.0 Å². The Bertz CT molecular complexity index is 890. The van der Waals surface area contributed by atoms with Gasteiger partial charge >= 0.3 is 5.97 Å². The molecule has 2 heterocycles. The summed E-state index contributed by atoms with van der Waals surface area (Å²) in [4.78, 5) is 23.8. The maximum Gasteiger partial charge on any atom is 0.306 e. The predicted octanol–water partition coefficient (Wildman–Crippen LogP) is 3.19. The van der Waals surface area contributed by atoms with Gasteiger partial charge in [0.2, 0.25) is 0 Å². The summed E-state index contributed by atoms with van der Waals surface area (Å²) in [5, 5.41) is 23.7. The topological polar surface area (TPSA) is 113 Å². The van der Waals surface area contributed by atoms with Crippen molar-refractivity contribution in [1.82, 2.24) is 20.0 Å². The number of carbonyl (C=O) groups is 2. The number of nitrogens with one attached hydrogen (secondary N) is 2. The van der Waals surface area contributed by atoms with Crippen molar-refractivity contribution in [2.45, 2.75) is 64.8 Å². The quantitative estimate of drug-likeness (QED) is 0.748. The fourth-order valence-electron chi connectivity index (χ4n) is 4.41. The Labute approximate surface area is 163 Å². The summed E-state index contributed by atoms with van der Waals surface area (Å²) in [7, 11) is 0. The van der Waals surface area contributed by atoms with Crippen LogP contribution in [0.5, 0.6) is 0 Å². The Hall–Kier alpha value is -2.64. The average Bonchev–Trinajstić information content (AvgIpc) is 3.27. The Morgan fingerprint density at radius 2 is 2.04 bits per heavy atom. The zero-order valence-electron chi connectivity index (χ0n) is 16.4. The molecule has 0 aliphatic heterocycles. The largest absolute Gasteiger partial charge is 0.481 e. The van der Waals surface area contributed by atoms with Crippen LogP contribution in [0.2, 0.25) is 0 Å². The van der Waals surface area contributed by atoms with Gasteiger partial charge in [0.15, 0.2) is 5.69 Å². The maximum atomic E-state index is 12.7. The molecule has 1 fully saturated rings. The summed E-state index contributed by atoms with van der Waals surface area (Å²) in [6.07, 6.45) is 9.16. The molecule has 0 spiro atoms. The van der Waals surface area contributed by atoms with Crippen LogP contribution in [0.1, 0.15) is 73.7 Å². The molecule has 0 unspecified atom stereocenters. The number of aromatic nitrogens is 4. The number of hydrogen-bond acceptors (Lipinski definition) is 4. The fraction of sp³-hybridized carbons (Fsp3) is 0.600. The minimum atomic E-state index is -0.711. The third kappa shape index (κ3) is 3.68. The molecule has 2 aromatic rings. The van der Waals surface area contributed by atoms with Crippen LogP contribution >= 0.6 is 0 Å².